The minimum Gasteiger partial charge on any atom is -0.495 e. The quantitative estimate of drug-likeness (QED) is 0.524. The minimum absolute atomic E-state index is 0.0510. The van der Waals surface area contributed by atoms with E-state index in [4.69, 9.17) is 16.3 Å². The molecule has 0 aliphatic heterocycles. The van der Waals surface area contributed by atoms with Crippen LogP contribution in [0, 0.1) is 19.7 Å². The second kappa shape index (κ2) is 9.58. The van der Waals surface area contributed by atoms with Crippen molar-refractivity contribution < 1.29 is 22.3 Å². The van der Waals surface area contributed by atoms with Crippen molar-refractivity contribution in [1.82, 2.24) is 0 Å². The van der Waals surface area contributed by atoms with E-state index in [1.807, 2.05) is 0 Å². The molecule has 0 spiro atoms. The molecular formula is C23H22ClFN2O4S. The monoisotopic (exact) mass is 476 g/mol. The van der Waals surface area contributed by atoms with Gasteiger partial charge in [0.25, 0.3) is 10.0 Å². The maximum Gasteiger partial charge on any atom is 0.268 e. The molecule has 1 N–H and O–H groups in total. The number of para-hydroxylation sites is 1. The molecule has 0 aliphatic carbocycles. The Labute approximate surface area is 191 Å². The molecule has 0 saturated carbocycles. The van der Waals surface area contributed by atoms with E-state index in [9.17, 15) is 17.6 Å². The summed E-state index contributed by atoms with van der Waals surface area (Å²) in [5.41, 5.74) is 1.58. The Hall–Kier alpha value is -3.10. The number of hydrogen-bond donors (Lipinski definition) is 1. The van der Waals surface area contributed by atoms with Gasteiger partial charge in [-0.25, -0.2) is 12.8 Å². The number of nitrogens with one attached hydrogen (secondary N) is 1. The highest BCUT2D eigenvalue weighted by molar-refractivity contribution is 7.93. The number of nitrogens with zero attached hydrogens (tertiary/aromatic N) is 1. The van der Waals surface area contributed by atoms with Crippen LogP contribution >= 0.6 is 11.6 Å². The lowest BCUT2D eigenvalue weighted by Gasteiger charge is -2.25. The summed E-state index contributed by atoms with van der Waals surface area (Å²) in [6, 6.07) is 15.0. The zero-order valence-electron chi connectivity index (χ0n) is 17.7. The molecule has 0 aliphatic rings. The second-order valence-corrected chi connectivity index (χ2v) is 9.37. The smallest absolute Gasteiger partial charge is 0.268 e. The average Bonchev–Trinajstić information content (AvgIpc) is 2.75. The molecule has 3 aromatic carbocycles. The normalized spacial score (nSPS) is 11.2. The number of benzene rings is 3. The lowest BCUT2D eigenvalue weighted by Crippen LogP contribution is -2.38. The fourth-order valence-corrected chi connectivity index (χ4v) is 4.87. The van der Waals surface area contributed by atoms with Gasteiger partial charge < -0.3 is 10.1 Å². The summed E-state index contributed by atoms with van der Waals surface area (Å²) in [7, 11) is -2.89. The van der Waals surface area contributed by atoms with Gasteiger partial charge in [-0.3, -0.25) is 9.10 Å². The maximum absolute atomic E-state index is 14.0. The SMILES string of the molecule is COc1ccc(C)cc1S(=O)(=O)N(CC(=O)Nc1ccccc1F)c1ccc(C)c(Cl)c1. The second-order valence-electron chi connectivity index (χ2n) is 7.13. The highest BCUT2D eigenvalue weighted by Gasteiger charge is 2.30. The van der Waals surface area contributed by atoms with Gasteiger partial charge in [-0.05, 0) is 61.4 Å². The molecule has 0 bridgehead atoms. The fraction of sp³-hybridized carbons (Fsp3) is 0.174. The van der Waals surface area contributed by atoms with Crippen molar-refractivity contribution in [3.05, 3.63) is 82.6 Å². The van der Waals surface area contributed by atoms with Crippen molar-refractivity contribution in [3.8, 4) is 5.75 Å². The van der Waals surface area contributed by atoms with Crippen molar-refractivity contribution in [2.75, 3.05) is 23.3 Å². The van der Waals surface area contributed by atoms with Gasteiger partial charge in [-0.1, -0.05) is 35.9 Å². The van der Waals surface area contributed by atoms with Crippen LogP contribution < -0.4 is 14.4 Å². The van der Waals surface area contributed by atoms with Gasteiger partial charge in [0.15, 0.2) is 0 Å². The van der Waals surface area contributed by atoms with E-state index in [0.717, 1.165) is 9.87 Å². The summed E-state index contributed by atoms with van der Waals surface area (Å²) in [5.74, 6) is -1.22. The molecule has 1 amide bonds. The number of halogens is 2. The summed E-state index contributed by atoms with van der Waals surface area (Å²) < 4.78 is 47.5. The zero-order valence-corrected chi connectivity index (χ0v) is 19.3. The summed E-state index contributed by atoms with van der Waals surface area (Å²) in [6.45, 7) is 2.92. The van der Waals surface area contributed by atoms with Crippen LogP contribution in [0.1, 0.15) is 11.1 Å². The van der Waals surface area contributed by atoms with Gasteiger partial charge in [0.05, 0.1) is 18.5 Å². The number of aryl methyl sites for hydroxylation is 2. The van der Waals surface area contributed by atoms with Gasteiger partial charge in [-0.2, -0.15) is 0 Å². The van der Waals surface area contributed by atoms with Gasteiger partial charge in [0.1, 0.15) is 23.0 Å². The average molecular weight is 477 g/mol. The first-order valence-corrected chi connectivity index (χ1v) is 11.4. The van der Waals surface area contributed by atoms with Crippen LogP contribution in [-0.2, 0) is 14.8 Å². The molecule has 0 unspecified atom stereocenters. The molecule has 3 rings (SSSR count). The van der Waals surface area contributed by atoms with Gasteiger partial charge >= 0.3 is 0 Å². The Morgan fingerprint density at radius 3 is 2.47 bits per heavy atom. The number of amides is 1. The zero-order chi connectivity index (χ0) is 23.5. The topological polar surface area (TPSA) is 75.7 Å². The Bertz CT molecular complexity index is 1260. The highest BCUT2D eigenvalue weighted by Crippen LogP contribution is 2.32. The summed E-state index contributed by atoms with van der Waals surface area (Å²) in [4.78, 5) is 12.7. The number of carbonyl (C=O) groups is 1. The Kier molecular flexibility index (Phi) is 7.06. The standard InChI is InChI=1S/C23H22ClFN2O4S/c1-15-8-11-21(31-3)22(12-15)32(29,30)27(17-10-9-16(2)18(24)13-17)14-23(28)26-20-7-5-4-6-19(20)25/h4-13H,14H2,1-3H3,(H,26,28). The lowest BCUT2D eigenvalue weighted by molar-refractivity contribution is -0.114. The Morgan fingerprint density at radius 1 is 1.09 bits per heavy atom. The molecule has 0 saturated heterocycles. The molecule has 0 fully saturated rings. The molecule has 168 valence electrons. The third kappa shape index (κ3) is 5.03. The number of hydrogen-bond acceptors (Lipinski definition) is 4. The van der Waals surface area contributed by atoms with E-state index in [1.54, 1.807) is 44.2 Å². The first-order chi connectivity index (χ1) is 15.1. The van der Waals surface area contributed by atoms with Crippen LogP contribution in [-0.4, -0.2) is 28.0 Å². The minimum atomic E-state index is -4.25. The number of anilines is 2. The van der Waals surface area contributed by atoms with Crippen LogP contribution in [0.15, 0.2) is 65.6 Å². The summed E-state index contributed by atoms with van der Waals surface area (Å²) in [6.07, 6.45) is 0. The Balaban J connectivity index is 2.06. The van der Waals surface area contributed by atoms with Crippen LogP contribution in [0.4, 0.5) is 15.8 Å². The number of rotatable bonds is 7. The fourth-order valence-electron chi connectivity index (χ4n) is 3.04. The molecular weight excluding hydrogens is 455 g/mol. The van der Waals surface area contributed by atoms with Crippen LogP contribution in [0.5, 0.6) is 5.75 Å². The third-order valence-electron chi connectivity index (χ3n) is 4.77. The first-order valence-electron chi connectivity index (χ1n) is 9.61. The van der Waals surface area contributed by atoms with E-state index in [-0.39, 0.29) is 22.0 Å². The molecule has 0 heterocycles. The van der Waals surface area contributed by atoms with Gasteiger partial charge in [0.2, 0.25) is 5.91 Å². The molecule has 0 aromatic heterocycles. The van der Waals surface area contributed by atoms with Crippen LogP contribution in [0.2, 0.25) is 5.02 Å². The van der Waals surface area contributed by atoms with Crippen molar-refractivity contribution in [1.29, 1.82) is 0 Å². The molecule has 9 heteroatoms. The number of sulfonamides is 1. The largest absolute Gasteiger partial charge is 0.495 e. The van der Waals surface area contributed by atoms with Crippen molar-refractivity contribution in [2.45, 2.75) is 18.7 Å². The van der Waals surface area contributed by atoms with E-state index >= 15 is 0 Å². The summed E-state index contributed by atoms with van der Waals surface area (Å²) in [5, 5.41) is 2.76. The Morgan fingerprint density at radius 2 is 1.81 bits per heavy atom. The van der Waals surface area contributed by atoms with Crippen molar-refractivity contribution in [2.24, 2.45) is 0 Å². The maximum atomic E-state index is 14.0. The van der Waals surface area contributed by atoms with Crippen LogP contribution in [0.3, 0.4) is 0 Å². The van der Waals surface area contributed by atoms with E-state index in [2.05, 4.69) is 5.32 Å². The van der Waals surface area contributed by atoms with E-state index in [1.165, 1.54) is 37.4 Å². The predicted octanol–water partition coefficient (Wildman–Crippen LogP) is 4.94. The van der Waals surface area contributed by atoms with E-state index in [0.29, 0.717) is 10.6 Å². The number of carbonyl (C=O) groups excluding carboxylic acids is 1. The highest BCUT2D eigenvalue weighted by atomic mass is 35.5. The van der Waals surface area contributed by atoms with Crippen molar-refractivity contribution >= 4 is 38.9 Å². The molecule has 6 nitrogen and oxygen atoms in total. The molecule has 0 radical (unpaired) electrons. The van der Waals surface area contributed by atoms with Crippen molar-refractivity contribution in [3.63, 3.8) is 0 Å². The van der Waals surface area contributed by atoms with Gasteiger partial charge in [0, 0.05) is 5.02 Å². The lowest BCUT2D eigenvalue weighted by atomic mass is 10.2. The third-order valence-corrected chi connectivity index (χ3v) is 6.97. The summed E-state index contributed by atoms with van der Waals surface area (Å²) >= 11 is 6.23. The predicted molar refractivity (Wildman–Crippen MR) is 123 cm³/mol. The molecule has 0 atom stereocenters. The van der Waals surface area contributed by atoms with E-state index < -0.39 is 28.3 Å². The molecule has 32 heavy (non-hydrogen) atoms. The first kappa shape index (κ1) is 23.6. The van der Waals surface area contributed by atoms with Gasteiger partial charge in [-0.15, -0.1) is 0 Å². The number of ether oxygens (including phenoxy) is 1. The number of methoxy groups -OCH3 is 1. The van der Waals surface area contributed by atoms with Crippen LogP contribution in [0.25, 0.3) is 0 Å². The molecule has 3 aromatic rings.